The van der Waals surface area contributed by atoms with Crippen molar-refractivity contribution in [1.82, 2.24) is 5.43 Å². The predicted octanol–water partition coefficient (Wildman–Crippen LogP) is 3.08. The van der Waals surface area contributed by atoms with Crippen molar-refractivity contribution in [3.05, 3.63) is 57.8 Å². The van der Waals surface area contributed by atoms with Crippen molar-refractivity contribution in [2.24, 2.45) is 5.10 Å². The molecule has 0 aromatic heterocycles. The van der Waals surface area contributed by atoms with Crippen LogP contribution in [-0.4, -0.2) is 18.9 Å². The highest BCUT2D eigenvalue weighted by Gasteiger charge is 2.17. The molecule has 0 saturated heterocycles. The standard InChI is InChI=1S/C15H10BrFN2O3/c16-12-5-9(6-13-14(12)22-8-21-13)7-18-19-15(20)10-1-3-11(17)4-2-10/h1-7H,8H2,(H,19,20)/b18-7-. The van der Waals surface area contributed by atoms with Crippen LogP contribution in [0.4, 0.5) is 4.39 Å². The number of amides is 1. The van der Waals surface area contributed by atoms with Gasteiger partial charge in [0, 0.05) is 5.56 Å². The molecular formula is C15H10BrFN2O3. The monoisotopic (exact) mass is 364 g/mol. The maximum atomic E-state index is 12.8. The number of rotatable bonds is 3. The Labute approximate surface area is 133 Å². The van der Waals surface area contributed by atoms with Crippen LogP contribution in [-0.2, 0) is 0 Å². The molecule has 5 nitrogen and oxygen atoms in total. The highest BCUT2D eigenvalue weighted by atomic mass is 79.9. The van der Waals surface area contributed by atoms with E-state index in [-0.39, 0.29) is 6.79 Å². The number of ether oxygens (including phenoxy) is 2. The number of carbonyl (C=O) groups is 1. The zero-order chi connectivity index (χ0) is 15.5. The molecule has 0 fully saturated rings. The Morgan fingerprint density at radius 2 is 2.05 bits per heavy atom. The van der Waals surface area contributed by atoms with Crippen LogP contribution in [0.1, 0.15) is 15.9 Å². The van der Waals surface area contributed by atoms with E-state index in [0.29, 0.717) is 17.1 Å². The first kappa shape index (κ1) is 14.5. The maximum absolute atomic E-state index is 12.8. The quantitative estimate of drug-likeness (QED) is 0.672. The van der Waals surface area contributed by atoms with E-state index in [1.165, 1.54) is 30.5 Å². The number of hydrogen-bond acceptors (Lipinski definition) is 4. The van der Waals surface area contributed by atoms with Crippen LogP contribution in [0.2, 0.25) is 0 Å². The lowest BCUT2D eigenvalue weighted by Gasteiger charge is -2.02. The molecule has 0 unspecified atom stereocenters. The Morgan fingerprint density at radius 1 is 1.27 bits per heavy atom. The molecule has 0 atom stereocenters. The summed E-state index contributed by atoms with van der Waals surface area (Å²) < 4.78 is 24.1. The van der Waals surface area contributed by atoms with Crippen LogP contribution in [0.3, 0.4) is 0 Å². The molecule has 1 amide bonds. The van der Waals surface area contributed by atoms with Crippen LogP contribution in [0.5, 0.6) is 11.5 Å². The molecule has 1 N–H and O–H groups in total. The number of hydrogen-bond donors (Lipinski definition) is 1. The Hall–Kier alpha value is -2.41. The molecule has 1 heterocycles. The number of fused-ring (bicyclic) bond motifs is 1. The molecule has 0 saturated carbocycles. The molecule has 2 aromatic carbocycles. The summed E-state index contributed by atoms with van der Waals surface area (Å²) in [7, 11) is 0. The Kier molecular flexibility index (Phi) is 4.06. The van der Waals surface area contributed by atoms with Gasteiger partial charge in [-0.1, -0.05) is 0 Å². The highest BCUT2D eigenvalue weighted by Crippen LogP contribution is 2.39. The Morgan fingerprint density at radius 3 is 2.82 bits per heavy atom. The van der Waals surface area contributed by atoms with Crippen LogP contribution >= 0.6 is 15.9 Å². The number of halogens is 2. The van der Waals surface area contributed by atoms with Gasteiger partial charge in [-0.25, -0.2) is 9.82 Å². The van der Waals surface area contributed by atoms with E-state index >= 15 is 0 Å². The third kappa shape index (κ3) is 3.09. The minimum absolute atomic E-state index is 0.176. The summed E-state index contributed by atoms with van der Waals surface area (Å²) in [6.07, 6.45) is 1.48. The van der Waals surface area contributed by atoms with E-state index in [2.05, 4.69) is 26.5 Å². The summed E-state index contributed by atoms with van der Waals surface area (Å²) in [5.41, 5.74) is 3.43. The second-order valence-corrected chi connectivity index (χ2v) is 5.30. The van der Waals surface area contributed by atoms with Gasteiger partial charge >= 0.3 is 0 Å². The third-order valence-corrected chi connectivity index (χ3v) is 3.52. The zero-order valence-electron chi connectivity index (χ0n) is 11.2. The summed E-state index contributed by atoms with van der Waals surface area (Å²) in [5.74, 6) is 0.439. The second-order valence-electron chi connectivity index (χ2n) is 4.44. The normalized spacial score (nSPS) is 12.6. The smallest absolute Gasteiger partial charge is 0.271 e. The number of carbonyl (C=O) groups excluding carboxylic acids is 1. The molecule has 0 bridgehead atoms. The van der Waals surface area contributed by atoms with Crippen molar-refractivity contribution < 1.29 is 18.7 Å². The lowest BCUT2D eigenvalue weighted by Crippen LogP contribution is -2.17. The fraction of sp³-hybridized carbons (Fsp3) is 0.0667. The van der Waals surface area contributed by atoms with Gasteiger partial charge in [0.2, 0.25) is 6.79 Å². The first-order valence-electron chi connectivity index (χ1n) is 6.31. The number of hydrazone groups is 1. The summed E-state index contributed by atoms with van der Waals surface area (Å²) >= 11 is 3.37. The second kappa shape index (κ2) is 6.15. The predicted molar refractivity (Wildman–Crippen MR) is 81.7 cm³/mol. The van der Waals surface area contributed by atoms with Gasteiger partial charge in [0.05, 0.1) is 10.7 Å². The van der Waals surface area contributed by atoms with Crippen molar-refractivity contribution in [2.45, 2.75) is 0 Å². The third-order valence-electron chi connectivity index (χ3n) is 2.94. The molecular weight excluding hydrogens is 355 g/mol. The minimum Gasteiger partial charge on any atom is -0.454 e. The van der Waals surface area contributed by atoms with Crippen molar-refractivity contribution in [1.29, 1.82) is 0 Å². The van der Waals surface area contributed by atoms with Crippen molar-refractivity contribution in [2.75, 3.05) is 6.79 Å². The van der Waals surface area contributed by atoms with Crippen LogP contribution < -0.4 is 14.9 Å². The van der Waals surface area contributed by atoms with E-state index in [0.717, 1.165) is 10.0 Å². The van der Waals surface area contributed by atoms with Crippen molar-refractivity contribution in [3.8, 4) is 11.5 Å². The molecule has 2 aromatic rings. The number of benzene rings is 2. The van der Waals surface area contributed by atoms with Gasteiger partial charge in [-0.3, -0.25) is 4.79 Å². The number of nitrogens with one attached hydrogen (secondary N) is 1. The van der Waals surface area contributed by atoms with Gasteiger partial charge in [-0.15, -0.1) is 0 Å². The van der Waals surface area contributed by atoms with Gasteiger partial charge in [0.15, 0.2) is 11.5 Å². The fourth-order valence-corrected chi connectivity index (χ4v) is 2.47. The van der Waals surface area contributed by atoms with E-state index in [1.807, 2.05) is 0 Å². The largest absolute Gasteiger partial charge is 0.454 e. The summed E-state index contributed by atoms with van der Waals surface area (Å²) in [6.45, 7) is 0.176. The molecule has 0 radical (unpaired) electrons. The van der Waals surface area contributed by atoms with Gasteiger partial charge in [-0.05, 0) is 57.9 Å². The molecule has 0 aliphatic carbocycles. The molecule has 0 spiro atoms. The minimum atomic E-state index is -0.420. The van der Waals surface area contributed by atoms with E-state index in [9.17, 15) is 9.18 Å². The summed E-state index contributed by atoms with van der Waals surface area (Å²) in [6, 6.07) is 8.75. The summed E-state index contributed by atoms with van der Waals surface area (Å²) in [5, 5.41) is 3.87. The maximum Gasteiger partial charge on any atom is 0.271 e. The van der Waals surface area contributed by atoms with Crippen LogP contribution in [0, 0.1) is 5.82 Å². The molecule has 22 heavy (non-hydrogen) atoms. The van der Waals surface area contributed by atoms with Gasteiger partial charge in [-0.2, -0.15) is 5.10 Å². The van der Waals surface area contributed by atoms with E-state index in [1.54, 1.807) is 12.1 Å². The molecule has 112 valence electrons. The Balaban J connectivity index is 1.68. The number of nitrogens with zero attached hydrogens (tertiary/aromatic N) is 1. The lowest BCUT2D eigenvalue weighted by molar-refractivity contribution is 0.0955. The van der Waals surface area contributed by atoms with Crippen molar-refractivity contribution in [3.63, 3.8) is 0 Å². The fourth-order valence-electron chi connectivity index (χ4n) is 1.89. The van der Waals surface area contributed by atoms with E-state index in [4.69, 9.17) is 9.47 Å². The van der Waals surface area contributed by atoms with E-state index < -0.39 is 11.7 Å². The first-order chi connectivity index (χ1) is 10.6. The van der Waals surface area contributed by atoms with Crippen molar-refractivity contribution >= 4 is 28.1 Å². The van der Waals surface area contributed by atoms with Crippen LogP contribution in [0.25, 0.3) is 0 Å². The SMILES string of the molecule is O=C(N/N=C\c1cc(Br)c2c(c1)OCO2)c1ccc(F)cc1. The van der Waals surface area contributed by atoms with Gasteiger partial charge < -0.3 is 9.47 Å². The average Bonchev–Trinajstić information content (AvgIpc) is 2.97. The highest BCUT2D eigenvalue weighted by molar-refractivity contribution is 9.10. The van der Waals surface area contributed by atoms with Gasteiger partial charge in [0.1, 0.15) is 5.82 Å². The molecule has 3 rings (SSSR count). The Bertz CT molecular complexity index is 747. The molecule has 7 heteroatoms. The van der Waals surface area contributed by atoms with Gasteiger partial charge in [0.25, 0.3) is 5.91 Å². The zero-order valence-corrected chi connectivity index (χ0v) is 12.8. The first-order valence-corrected chi connectivity index (χ1v) is 7.11. The topological polar surface area (TPSA) is 59.9 Å². The average molecular weight is 365 g/mol. The lowest BCUT2D eigenvalue weighted by atomic mass is 10.2. The van der Waals surface area contributed by atoms with Crippen LogP contribution in [0.15, 0.2) is 46.0 Å². The molecule has 1 aliphatic rings. The summed E-state index contributed by atoms with van der Waals surface area (Å²) in [4.78, 5) is 11.8. The molecule has 1 aliphatic heterocycles.